The van der Waals surface area contributed by atoms with Gasteiger partial charge in [0.05, 0.1) is 22.7 Å². The van der Waals surface area contributed by atoms with E-state index in [2.05, 4.69) is 16.7 Å². The number of carbonyl (C=O) groups excluding carboxylic acids is 1. The van der Waals surface area contributed by atoms with E-state index in [1.807, 2.05) is 13.8 Å². The van der Waals surface area contributed by atoms with Crippen LogP contribution in [0.3, 0.4) is 0 Å². The number of amides is 1. The fourth-order valence-electron chi connectivity index (χ4n) is 4.19. The van der Waals surface area contributed by atoms with Crippen molar-refractivity contribution >= 4 is 16.8 Å². The topological polar surface area (TPSA) is 77.1 Å². The number of hydrogen-bond acceptors (Lipinski definition) is 5. The molecule has 0 atom stereocenters. The Morgan fingerprint density at radius 2 is 1.83 bits per heavy atom. The number of halogens is 4. The van der Waals surface area contributed by atoms with Gasteiger partial charge in [-0.2, -0.15) is 23.3 Å². The van der Waals surface area contributed by atoms with E-state index in [9.17, 15) is 22.4 Å². The molecule has 0 spiro atoms. The summed E-state index contributed by atoms with van der Waals surface area (Å²) in [5, 5.41) is 9.43. The van der Waals surface area contributed by atoms with Gasteiger partial charge in [-0.05, 0) is 18.2 Å². The van der Waals surface area contributed by atoms with Gasteiger partial charge in [0, 0.05) is 30.0 Å². The van der Waals surface area contributed by atoms with Gasteiger partial charge in [-0.15, -0.1) is 0 Å². The Bertz CT molecular complexity index is 1460. The van der Waals surface area contributed by atoms with Crippen LogP contribution in [0.1, 0.15) is 37.2 Å². The number of likely N-dealkylation sites (tertiary alicyclic amines) is 1. The monoisotopic (exact) mass is 499 g/mol. The largest absolute Gasteiger partial charge is 0.416 e. The summed E-state index contributed by atoms with van der Waals surface area (Å²) in [6, 6.07) is 9.83. The zero-order valence-electron chi connectivity index (χ0n) is 19.4. The second-order valence-electron chi connectivity index (χ2n) is 8.95. The van der Waals surface area contributed by atoms with E-state index in [-0.39, 0.29) is 30.9 Å². The normalized spacial score (nSPS) is 14.5. The Kier molecular flexibility index (Phi) is 5.65. The molecule has 0 saturated carbocycles. The molecule has 0 radical (unpaired) electrons. The van der Waals surface area contributed by atoms with E-state index in [1.165, 1.54) is 17.0 Å². The van der Waals surface area contributed by atoms with Gasteiger partial charge in [-0.1, -0.05) is 49.8 Å². The highest BCUT2D eigenvalue weighted by Gasteiger charge is 2.36. The van der Waals surface area contributed by atoms with Gasteiger partial charge >= 0.3 is 6.18 Å². The molecule has 5 rings (SSSR count). The van der Waals surface area contributed by atoms with E-state index in [0.717, 1.165) is 12.1 Å². The van der Waals surface area contributed by atoms with E-state index >= 15 is 0 Å². The number of hydrogen-bond donors (Lipinski definition) is 0. The van der Waals surface area contributed by atoms with Crippen molar-refractivity contribution in [1.29, 1.82) is 0 Å². The molecule has 4 aromatic rings. The molecule has 3 heterocycles. The van der Waals surface area contributed by atoms with Crippen LogP contribution >= 0.6 is 0 Å². The van der Waals surface area contributed by atoms with Crippen LogP contribution in [0.25, 0.3) is 33.6 Å². The van der Waals surface area contributed by atoms with E-state index in [1.54, 1.807) is 22.9 Å². The number of nitrogens with zero attached hydrogens (tertiary/aromatic N) is 5. The molecule has 1 aliphatic heterocycles. The molecular weight excluding hydrogens is 478 g/mol. The average molecular weight is 499 g/mol. The Hall–Kier alpha value is -4.02. The summed E-state index contributed by atoms with van der Waals surface area (Å²) in [6.07, 6.45) is -4.46. The fraction of sp³-hybridized carbons (Fsp3) is 0.280. The molecule has 1 aliphatic rings. The smallest absolute Gasteiger partial charge is 0.334 e. The van der Waals surface area contributed by atoms with Crippen LogP contribution in [0.4, 0.5) is 17.6 Å². The third-order valence-electron chi connectivity index (χ3n) is 6.13. The van der Waals surface area contributed by atoms with Crippen molar-refractivity contribution < 1.29 is 26.9 Å². The lowest BCUT2D eigenvalue weighted by atomic mass is 10.0. The van der Waals surface area contributed by atoms with Crippen LogP contribution < -0.4 is 0 Å². The van der Waals surface area contributed by atoms with Gasteiger partial charge in [0.1, 0.15) is 5.69 Å². The van der Waals surface area contributed by atoms with Crippen LogP contribution in [0.2, 0.25) is 0 Å². The number of aromatic nitrogens is 4. The molecule has 1 amide bonds. The summed E-state index contributed by atoms with van der Waals surface area (Å²) in [4.78, 5) is 17.8. The summed E-state index contributed by atoms with van der Waals surface area (Å²) in [5.74, 6) is -0.998. The SMILES string of the molecule is C=C(F)C(=O)N1CC(n2nc(-c3ccc(C(F)(F)F)cc3)c3cccc(-c4nc(C(C)C)no4)c32)C1. The maximum absolute atomic E-state index is 13.3. The predicted octanol–water partition coefficient (Wildman–Crippen LogP) is 5.76. The highest BCUT2D eigenvalue weighted by Crippen LogP contribution is 2.39. The lowest BCUT2D eigenvalue weighted by Crippen LogP contribution is -2.51. The standard InChI is InChI=1S/C25H21F4N5O2/c1-13(2)22-30-23(36-32-22)19-6-4-5-18-20(15-7-9-16(10-8-15)25(27,28)29)31-34(21(18)19)17-11-33(12-17)24(35)14(3)26/h4-10,13,17H,3,11-12H2,1-2H3. The number of fused-ring (bicyclic) bond motifs is 1. The van der Waals surface area contributed by atoms with E-state index in [0.29, 0.717) is 33.5 Å². The first kappa shape index (κ1) is 23.7. The minimum absolute atomic E-state index is 0.0364. The predicted molar refractivity (Wildman–Crippen MR) is 123 cm³/mol. The van der Waals surface area contributed by atoms with Crippen LogP contribution in [-0.4, -0.2) is 43.8 Å². The molecule has 2 aromatic carbocycles. The van der Waals surface area contributed by atoms with Gasteiger partial charge in [0.2, 0.25) is 0 Å². The maximum Gasteiger partial charge on any atom is 0.416 e. The number of para-hydroxylation sites is 1. The van der Waals surface area contributed by atoms with Crippen LogP contribution in [0.5, 0.6) is 0 Å². The van der Waals surface area contributed by atoms with Gasteiger partial charge < -0.3 is 9.42 Å². The summed E-state index contributed by atoms with van der Waals surface area (Å²) < 4.78 is 59.8. The molecule has 0 unspecified atom stereocenters. The molecule has 7 nitrogen and oxygen atoms in total. The third kappa shape index (κ3) is 4.04. The summed E-state index contributed by atoms with van der Waals surface area (Å²) in [7, 11) is 0. The molecule has 186 valence electrons. The first-order chi connectivity index (χ1) is 17.0. The number of benzene rings is 2. The second kappa shape index (κ2) is 8.58. The first-order valence-corrected chi connectivity index (χ1v) is 11.2. The lowest BCUT2D eigenvalue weighted by Gasteiger charge is -2.39. The number of rotatable bonds is 5. The highest BCUT2D eigenvalue weighted by atomic mass is 19.4. The molecule has 11 heteroatoms. The van der Waals surface area contributed by atoms with Crippen molar-refractivity contribution in [3.8, 4) is 22.7 Å². The fourth-order valence-corrected chi connectivity index (χ4v) is 4.19. The van der Waals surface area contributed by atoms with Crippen molar-refractivity contribution in [2.75, 3.05) is 13.1 Å². The van der Waals surface area contributed by atoms with Gasteiger partial charge in [-0.25, -0.2) is 4.39 Å². The van der Waals surface area contributed by atoms with Crippen molar-refractivity contribution in [3.63, 3.8) is 0 Å². The second-order valence-corrected chi connectivity index (χ2v) is 8.95. The van der Waals surface area contributed by atoms with E-state index < -0.39 is 23.5 Å². The van der Waals surface area contributed by atoms with Gasteiger partial charge in [0.15, 0.2) is 11.7 Å². The highest BCUT2D eigenvalue weighted by molar-refractivity contribution is 6.00. The van der Waals surface area contributed by atoms with Gasteiger partial charge in [-0.3, -0.25) is 9.48 Å². The van der Waals surface area contributed by atoms with Crippen molar-refractivity contribution in [1.82, 2.24) is 24.8 Å². The Labute approximate surface area is 203 Å². The summed E-state index contributed by atoms with van der Waals surface area (Å²) in [6.45, 7) is 7.31. The average Bonchev–Trinajstić information content (AvgIpc) is 3.43. The van der Waals surface area contributed by atoms with Crippen molar-refractivity contribution in [2.24, 2.45) is 0 Å². The van der Waals surface area contributed by atoms with Crippen molar-refractivity contribution in [3.05, 3.63) is 66.3 Å². The minimum atomic E-state index is -4.46. The summed E-state index contributed by atoms with van der Waals surface area (Å²) in [5.41, 5.74) is 1.41. The molecule has 36 heavy (non-hydrogen) atoms. The summed E-state index contributed by atoms with van der Waals surface area (Å²) >= 11 is 0. The minimum Gasteiger partial charge on any atom is -0.334 e. The van der Waals surface area contributed by atoms with Crippen LogP contribution in [0.15, 0.2) is 59.4 Å². The molecular formula is C25H21F4N5O2. The Morgan fingerprint density at radius 3 is 2.42 bits per heavy atom. The first-order valence-electron chi connectivity index (χ1n) is 11.2. The Morgan fingerprint density at radius 1 is 1.14 bits per heavy atom. The van der Waals surface area contributed by atoms with E-state index in [4.69, 9.17) is 9.62 Å². The van der Waals surface area contributed by atoms with Crippen molar-refractivity contribution in [2.45, 2.75) is 32.0 Å². The maximum atomic E-state index is 13.3. The zero-order chi connectivity index (χ0) is 25.8. The third-order valence-corrected chi connectivity index (χ3v) is 6.13. The molecule has 0 aliphatic carbocycles. The van der Waals surface area contributed by atoms with Gasteiger partial charge in [0.25, 0.3) is 11.8 Å². The molecule has 1 fully saturated rings. The molecule has 0 N–H and O–H groups in total. The van der Waals surface area contributed by atoms with Crippen LogP contribution in [0, 0.1) is 0 Å². The quantitative estimate of drug-likeness (QED) is 0.258. The molecule has 2 aromatic heterocycles. The van der Waals surface area contributed by atoms with Crippen LogP contribution in [-0.2, 0) is 11.0 Å². The zero-order valence-corrected chi connectivity index (χ0v) is 19.4. The number of alkyl halides is 3. The lowest BCUT2D eigenvalue weighted by molar-refractivity contribution is -0.137. The Balaban J connectivity index is 1.63. The molecule has 1 saturated heterocycles. The number of carbonyl (C=O) groups is 1. The molecule has 0 bridgehead atoms.